The highest BCUT2D eigenvalue weighted by Gasteiger charge is 2.47. The van der Waals surface area contributed by atoms with E-state index in [1.165, 1.54) is 12.1 Å². The molecule has 1 fully saturated rings. The summed E-state index contributed by atoms with van der Waals surface area (Å²) in [5.41, 5.74) is -0.444. The smallest absolute Gasteiger partial charge is 0.393 e. The zero-order chi connectivity index (χ0) is 17.2. The SMILES string of the molecule is CC(O)CC(C)CNC(=O)C1CC1c1ccccc1C(F)(F)F. The number of rotatable bonds is 6. The summed E-state index contributed by atoms with van der Waals surface area (Å²) in [5.74, 6) is -0.833. The van der Waals surface area contributed by atoms with Crippen LogP contribution >= 0.6 is 0 Å². The van der Waals surface area contributed by atoms with Crippen LogP contribution in [0.25, 0.3) is 0 Å². The van der Waals surface area contributed by atoms with Gasteiger partial charge >= 0.3 is 6.18 Å². The summed E-state index contributed by atoms with van der Waals surface area (Å²) in [6.07, 6.45) is -3.81. The standard InChI is InChI=1S/C17H22F3NO2/c1-10(7-11(2)22)9-21-16(23)14-8-13(14)12-5-3-4-6-15(12)17(18,19)20/h3-6,10-11,13-14,22H,7-9H2,1-2H3,(H,21,23). The fourth-order valence-electron chi connectivity index (χ4n) is 2.98. The van der Waals surface area contributed by atoms with Gasteiger partial charge in [-0.1, -0.05) is 25.1 Å². The van der Waals surface area contributed by atoms with Crippen molar-refractivity contribution in [2.24, 2.45) is 11.8 Å². The van der Waals surface area contributed by atoms with Gasteiger partial charge in [-0.15, -0.1) is 0 Å². The van der Waals surface area contributed by atoms with Crippen molar-refractivity contribution in [3.63, 3.8) is 0 Å². The number of halogens is 3. The second kappa shape index (κ2) is 6.91. The maximum atomic E-state index is 13.0. The van der Waals surface area contributed by atoms with E-state index in [4.69, 9.17) is 0 Å². The van der Waals surface area contributed by atoms with Crippen LogP contribution in [0.4, 0.5) is 13.2 Å². The van der Waals surface area contributed by atoms with Crippen LogP contribution in [0.5, 0.6) is 0 Å². The largest absolute Gasteiger partial charge is 0.416 e. The number of carbonyl (C=O) groups is 1. The molecule has 1 aliphatic carbocycles. The van der Waals surface area contributed by atoms with Crippen molar-refractivity contribution in [1.82, 2.24) is 5.32 Å². The summed E-state index contributed by atoms with van der Waals surface area (Å²) >= 11 is 0. The highest BCUT2D eigenvalue weighted by Crippen LogP contribution is 2.51. The molecular formula is C17H22F3NO2. The molecule has 1 aromatic carbocycles. The lowest BCUT2D eigenvalue weighted by molar-refractivity contribution is -0.138. The maximum absolute atomic E-state index is 13.0. The van der Waals surface area contributed by atoms with E-state index in [9.17, 15) is 23.1 Å². The number of nitrogens with one attached hydrogen (secondary N) is 1. The highest BCUT2D eigenvalue weighted by atomic mass is 19.4. The average molecular weight is 329 g/mol. The minimum Gasteiger partial charge on any atom is -0.393 e. The Morgan fingerprint density at radius 3 is 2.61 bits per heavy atom. The first-order chi connectivity index (χ1) is 10.7. The lowest BCUT2D eigenvalue weighted by Gasteiger charge is -2.15. The molecule has 1 amide bonds. The fourth-order valence-corrected chi connectivity index (χ4v) is 2.98. The molecule has 0 spiro atoms. The second-order valence-corrected chi connectivity index (χ2v) is 6.47. The van der Waals surface area contributed by atoms with Crippen LogP contribution in [0, 0.1) is 11.8 Å². The molecule has 1 aliphatic rings. The molecule has 0 aliphatic heterocycles. The molecule has 2 rings (SSSR count). The molecule has 0 bridgehead atoms. The molecule has 0 heterocycles. The maximum Gasteiger partial charge on any atom is 0.416 e. The summed E-state index contributed by atoms with van der Waals surface area (Å²) in [4.78, 5) is 12.1. The minimum atomic E-state index is -4.40. The first-order valence-electron chi connectivity index (χ1n) is 7.82. The monoisotopic (exact) mass is 329 g/mol. The number of alkyl halides is 3. The van der Waals surface area contributed by atoms with E-state index in [0.29, 0.717) is 19.4 Å². The molecule has 0 saturated heterocycles. The fraction of sp³-hybridized carbons (Fsp3) is 0.588. The van der Waals surface area contributed by atoms with Crippen LogP contribution in [0.2, 0.25) is 0 Å². The zero-order valence-electron chi connectivity index (χ0n) is 13.2. The highest BCUT2D eigenvalue weighted by molar-refractivity contribution is 5.83. The summed E-state index contributed by atoms with van der Waals surface area (Å²) < 4.78 is 39.0. The van der Waals surface area contributed by atoms with Gasteiger partial charge in [-0.2, -0.15) is 13.2 Å². The molecule has 23 heavy (non-hydrogen) atoms. The van der Waals surface area contributed by atoms with Gasteiger partial charge in [0.05, 0.1) is 11.7 Å². The third-order valence-electron chi connectivity index (χ3n) is 4.16. The average Bonchev–Trinajstić information content (AvgIpc) is 3.23. The predicted octanol–water partition coefficient (Wildman–Crippen LogP) is 3.33. The summed E-state index contributed by atoms with van der Waals surface area (Å²) in [6, 6.07) is 5.45. The van der Waals surface area contributed by atoms with Crippen molar-refractivity contribution in [3.8, 4) is 0 Å². The third-order valence-corrected chi connectivity index (χ3v) is 4.16. The number of aliphatic hydroxyl groups excluding tert-OH is 1. The second-order valence-electron chi connectivity index (χ2n) is 6.47. The van der Waals surface area contributed by atoms with Crippen LogP contribution in [-0.2, 0) is 11.0 Å². The Bertz CT molecular complexity index is 557. The predicted molar refractivity (Wildman–Crippen MR) is 80.8 cm³/mol. The Morgan fingerprint density at radius 2 is 2.00 bits per heavy atom. The van der Waals surface area contributed by atoms with E-state index >= 15 is 0 Å². The number of carbonyl (C=O) groups excluding carboxylic acids is 1. The van der Waals surface area contributed by atoms with Gasteiger partial charge in [0.1, 0.15) is 0 Å². The van der Waals surface area contributed by atoms with Crippen molar-refractivity contribution >= 4 is 5.91 Å². The molecule has 128 valence electrons. The van der Waals surface area contributed by atoms with Crippen molar-refractivity contribution in [2.75, 3.05) is 6.54 Å². The normalized spacial score (nSPS) is 23.2. The van der Waals surface area contributed by atoms with Gasteiger partial charge in [0.15, 0.2) is 0 Å². The van der Waals surface area contributed by atoms with E-state index in [0.717, 1.165) is 6.07 Å². The summed E-state index contributed by atoms with van der Waals surface area (Å²) in [7, 11) is 0. The van der Waals surface area contributed by atoms with Gasteiger partial charge in [-0.3, -0.25) is 4.79 Å². The van der Waals surface area contributed by atoms with Crippen molar-refractivity contribution < 1.29 is 23.1 Å². The number of aliphatic hydroxyl groups is 1. The molecule has 3 nitrogen and oxygen atoms in total. The van der Waals surface area contributed by atoms with Crippen LogP contribution in [0.1, 0.15) is 43.7 Å². The first-order valence-corrected chi connectivity index (χ1v) is 7.82. The Balaban J connectivity index is 1.94. The van der Waals surface area contributed by atoms with E-state index in [1.54, 1.807) is 13.0 Å². The van der Waals surface area contributed by atoms with E-state index in [2.05, 4.69) is 5.32 Å². The molecule has 4 atom stereocenters. The van der Waals surface area contributed by atoms with Crippen LogP contribution in [0.15, 0.2) is 24.3 Å². The lowest BCUT2D eigenvalue weighted by atomic mass is 10.0. The number of amides is 1. The number of hydrogen-bond acceptors (Lipinski definition) is 2. The van der Waals surface area contributed by atoms with Gasteiger partial charge < -0.3 is 10.4 Å². The van der Waals surface area contributed by atoms with Crippen molar-refractivity contribution in [1.29, 1.82) is 0 Å². The van der Waals surface area contributed by atoms with E-state index in [1.807, 2.05) is 6.92 Å². The topological polar surface area (TPSA) is 49.3 Å². The molecule has 6 heteroatoms. The van der Waals surface area contributed by atoms with Gasteiger partial charge in [-0.25, -0.2) is 0 Å². The van der Waals surface area contributed by atoms with E-state index < -0.39 is 23.8 Å². The van der Waals surface area contributed by atoms with Crippen molar-refractivity contribution in [2.45, 2.75) is 44.9 Å². The quantitative estimate of drug-likeness (QED) is 0.841. The summed E-state index contributed by atoms with van der Waals surface area (Å²) in [6.45, 7) is 4.02. The molecular weight excluding hydrogens is 307 g/mol. The van der Waals surface area contributed by atoms with Gasteiger partial charge in [0, 0.05) is 12.5 Å². The lowest BCUT2D eigenvalue weighted by Crippen LogP contribution is -2.31. The van der Waals surface area contributed by atoms with Crippen LogP contribution < -0.4 is 5.32 Å². The van der Waals surface area contributed by atoms with Crippen LogP contribution in [0.3, 0.4) is 0 Å². The van der Waals surface area contributed by atoms with Crippen molar-refractivity contribution in [3.05, 3.63) is 35.4 Å². The first kappa shape index (κ1) is 17.8. The Labute approximate surface area is 133 Å². The van der Waals surface area contributed by atoms with E-state index in [-0.39, 0.29) is 23.3 Å². The third kappa shape index (κ3) is 4.70. The number of benzene rings is 1. The summed E-state index contributed by atoms with van der Waals surface area (Å²) in [5, 5.41) is 12.1. The molecule has 0 radical (unpaired) electrons. The Morgan fingerprint density at radius 1 is 1.35 bits per heavy atom. The molecule has 4 unspecified atom stereocenters. The Hall–Kier alpha value is -1.56. The minimum absolute atomic E-state index is 0.124. The number of hydrogen-bond donors (Lipinski definition) is 2. The van der Waals surface area contributed by atoms with Gasteiger partial charge in [0.25, 0.3) is 0 Å². The Kier molecular flexibility index (Phi) is 5.34. The molecule has 1 aromatic rings. The van der Waals surface area contributed by atoms with Crippen LogP contribution in [-0.4, -0.2) is 23.7 Å². The van der Waals surface area contributed by atoms with Gasteiger partial charge in [-0.05, 0) is 43.2 Å². The molecule has 1 saturated carbocycles. The molecule has 2 N–H and O–H groups in total. The van der Waals surface area contributed by atoms with Gasteiger partial charge in [0.2, 0.25) is 5.91 Å². The zero-order valence-corrected chi connectivity index (χ0v) is 13.2. The molecule has 0 aromatic heterocycles.